The third-order valence-corrected chi connectivity index (χ3v) is 8.44. The van der Waals surface area contributed by atoms with Gasteiger partial charge in [0.25, 0.3) is 0 Å². The Balaban J connectivity index is 1.55. The minimum atomic E-state index is -4.03. The first kappa shape index (κ1) is 24.0. The first-order chi connectivity index (χ1) is 15.8. The molecule has 2 saturated heterocycles. The van der Waals surface area contributed by atoms with Crippen LogP contribution in [0, 0.1) is 11.7 Å². The summed E-state index contributed by atoms with van der Waals surface area (Å²) in [5, 5.41) is 0.535. The van der Waals surface area contributed by atoms with Crippen LogP contribution in [0.3, 0.4) is 0 Å². The lowest BCUT2D eigenvalue weighted by Crippen LogP contribution is -2.49. The first-order valence-corrected chi connectivity index (χ1v) is 13.1. The number of hydrogen-bond donors (Lipinski definition) is 0. The molecule has 0 unspecified atom stereocenters. The Labute approximate surface area is 199 Å². The van der Waals surface area contributed by atoms with Crippen LogP contribution in [0.15, 0.2) is 53.4 Å². The molecule has 2 fully saturated rings. The highest BCUT2D eigenvalue weighted by molar-refractivity contribution is 7.89. The highest BCUT2D eigenvalue weighted by Crippen LogP contribution is 2.31. The van der Waals surface area contributed by atoms with Crippen molar-refractivity contribution in [3.8, 4) is 5.75 Å². The highest BCUT2D eigenvalue weighted by atomic mass is 35.5. The van der Waals surface area contributed by atoms with Gasteiger partial charge >= 0.3 is 0 Å². The Kier molecular flexibility index (Phi) is 7.56. The van der Waals surface area contributed by atoms with Gasteiger partial charge in [-0.3, -0.25) is 4.79 Å². The molecule has 2 aromatic rings. The fourth-order valence-electron chi connectivity index (χ4n) is 4.55. The summed E-state index contributed by atoms with van der Waals surface area (Å²) in [6, 6.07) is 12.4. The largest absolute Gasteiger partial charge is 0.490 e. The van der Waals surface area contributed by atoms with Crippen LogP contribution in [-0.2, 0) is 14.8 Å². The van der Waals surface area contributed by atoms with E-state index in [-0.39, 0.29) is 42.3 Å². The number of nitrogens with zero attached hydrogens (tertiary/aromatic N) is 2. The van der Waals surface area contributed by atoms with Crippen LogP contribution >= 0.6 is 11.6 Å². The fourth-order valence-corrected chi connectivity index (χ4v) is 6.31. The second-order valence-electron chi connectivity index (χ2n) is 8.60. The maximum absolute atomic E-state index is 14.3. The SMILES string of the molecule is O=C(C[C@H]1CN(S(=O)(=O)c2ccccc2F)CC[C@@H]1Oc1cccc(Cl)c1)N1CCCCC1. The summed E-state index contributed by atoms with van der Waals surface area (Å²) in [5.74, 6) is -0.567. The molecule has 1 amide bonds. The zero-order chi connectivity index (χ0) is 23.4. The quantitative estimate of drug-likeness (QED) is 0.599. The number of carbonyl (C=O) groups excluding carboxylic acids is 1. The lowest BCUT2D eigenvalue weighted by atomic mass is 9.91. The molecule has 2 aliphatic rings. The number of sulfonamides is 1. The van der Waals surface area contributed by atoms with E-state index in [1.807, 2.05) is 4.90 Å². The van der Waals surface area contributed by atoms with E-state index in [0.717, 1.165) is 38.4 Å². The van der Waals surface area contributed by atoms with E-state index in [1.54, 1.807) is 24.3 Å². The molecule has 0 aliphatic carbocycles. The second kappa shape index (κ2) is 10.4. The maximum atomic E-state index is 14.3. The third-order valence-electron chi connectivity index (χ3n) is 6.31. The zero-order valence-electron chi connectivity index (χ0n) is 18.3. The molecule has 178 valence electrons. The van der Waals surface area contributed by atoms with Gasteiger partial charge in [0, 0.05) is 43.5 Å². The molecule has 0 spiro atoms. The molecular formula is C24H28ClFN2O4S. The Morgan fingerprint density at radius 3 is 2.55 bits per heavy atom. The summed E-state index contributed by atoms with van der Waals surface area (Å²) in [4.78, 5) is 14.5. The molecule has 33 heavy (non-hydrogen) atoms. The molecule has 0 radical (unpaired) electrons. The smallest absolute Gasteiger partial charge is 0.245 e. The number of amides is 1. The fraction of sp³-hybridized carbons (Fsp3) is 0.458. The van der Waals surface area contributed by atoms with Crippen LogP contribution in [0.5, 0.6) is 5.75 Å². The van der Waals surface area contributed by atoms with Crippen LogP contribution in [0.2, 0.25) is 5.02 Å². The van der Waals surface area contributed by atoms with Crippen molar-refractivity contribution in [3.05, 3.63) is 59.4 Å². The van der Waals surface area contributed by atoms with Gasteiger partial charge in [-0.05, 0) is 56.0 Å². The number of likely N-dealkylation sites (tertiary alicyclic amines) is 1. The molecule has 4 rings (SSSR count). The highest BCUT2D eigenvalue weighted by Gasteiger charge is 2.39. The summed E-state index contributed by atoms with van der Waals surface area (Å²) >= 11 is 6.09. The minimum absolute atomic E-state index is 0.00420. The number of rotatable bonds is 6. The average Bonchev–Trinajstić information content (AvgIpc) is 2.81. The summed E-state index contributed by atoms with van der Waals surface area (Å²) in [7, 11) is -4.03. The molecule has 2 atom stereocenters. The standard InChI is InChI=1S/C24H28ClFN2O4S/c25-19-7-6-8-20(16-19)32-22-11-14-28(33(30,31)23-10-3-2-9-21(23)26)17-18(22)15-24(29)27-12-4-1-5-13-27/h2-3,6-10,16,18,22H,1,4-5,11-15,17H2/t18-,22-/m0/s1. The summed E-state index contributed by atoms with van der Waals surface area (Å²) in [5.41, 5.74) is 0. The van der Waals surface area contributed by atoms with Crippen molar-refractivity contribution < 1.29 is 22.3 Å². The molecule has 0 N–H and O–H groups in total. The average molecular weight is 495 g/mol. The Bertz CT molecular complexity index is 1090. The van der Waals surface area contributed by atoms with Crippen molar-refractivity contribution in [1.29, 1.82) is 0 Å². The Morgan fingerprint density at radius 2 is 1.82 bits per heavy atom. The molecule has 0 saturated carbocycles. The lowest BCUT2D eigenvalue weighted by Gasteiger charge is -2.38. The summed E-state index contributed by atoms with van der Waals surface area (Å²) < 4.78 is 48.1. The van der Waals surface area contributed by atoms with Crippen LogP contribution < -0.4 is 4.74 Å². The normalized spacial score (nSPS) is 22.2. The number of carbonyl (C=O) groups is 1. The van der Waals surface area contributed by atoms with Crippen LogP contribution in [-0.4, -0.2) is 55.8 Å². The van der Waals surface area contributed by atoms with E-state index < -0.39 is 15.8 Å². The molecule has 6 nitrogen and oxygen atoms in total. The monoisotopic (exact) mass is 494 g/mol. The first-order valence-electron chi connectivity index (χ1n) is 11.3. The van der Waals surface area contributed by atoms with E-state index in [0.29, 0.717) is 17.2 Å². The predicted molar refractivity (Wildman–Crippen MR) is 124 cm³/mol. The van der Waals surface area contributed by atoms with Gasteiger partial charge in [-0.1, -0.05) is 29.8 Å². The van der Waals surface area contributed by atoms with Gasteiger partial charge in [0.2, 0.25) is 15.9 Å². The molecule has 9 heteroatoms. The molecular weight excluding hydrogens is 467 g/mol. The van der Waals surface area contributed by atoms with Crippen molar-refractivity contribution in [3.63, 3.8) is 0 Å². The van der Waals surface area contributed by atoms with Crippen LogP contribution in [0.1, 0.15) is 32.1 Å². The maximum Gasteiger partial charge on any atom is 0.245 e. The Hall–Kier alpha value is -2.16. The second-order valence-corrected chi connectivity index (χ2v) is 10.9. The third kappa shape index (κ3) is 5.67. The van der Waals surface area contributed by atoms with Gasteiger partial charge in [-0.15, -0.1) is 0 Å². The number of piperidine rings is 2. The van der Waals surface area contributed by atoms with Crippen molar-refractivity contribution in [2.45, 2.75) is 43.1 Å². The van der Waals surface area contributed by atoms with E-state index in [9.17, 15) is 17.6 Å². The van der Waals surface area contributed by atoms with Gasteiger partial charge in [0.1, 0.15) is 22.6 Å². The van der Waals surface area contributed by atoms with Gasteiger partial charge in [0.15, 0.2) is 0 Å². The predicted octanol–water partition coefficient (Wildman–Crippen LogP) is 4.34. The lowest BCUT2D eigenvalue weighted by molar-refractivity contribution is -0.134. The van der Waals surface area contributed by atoms with Gasteiger partial charge in [0.05, 0.1) is 0 Å². The number of benzene rings is 2. The van der Waals surface area contributed by atoms with E-state index >= 15 is 0 Å². The number of ether oxygens (including phenoxy) is 1. The molecule has 0 bridgehead atoms. The van der Waals surface area contributed by atoms with Crippen LogP contribution in [0.25, 0.3) is 0 Å². The topological polar surface area (TPSA) is 66.9 Å². The minimum Gasteiger partial charge on any atom is -0.490 e. The molecule has 2 heterocycles. The number of hydrogen-bond acceptors (Lipinski definition) is 4. The summed E-state index contributed by atoms with van der Waals surface area (Å²) in [6.45, 7) is 1.71. The molecule has 2 aliphatic heterocycles. The van der Waals surface area contributed by atoms with Gasteiger partial charge in [-0.25, -0.2) is 12.8 Å². The van der Waals surface area contributed by atoms with Crippen molar-refractivity contribution in [2.75, 3.05) is 26.2 Å². The summed E-state index contributed by atoms with van der Waals surface area (Å²) in [6.07, 6.45) is 3.28. The van der Waals surface area contributed by atoms with Gasteiger partial charge < -0.3 is 9.64 Å². The van der Waals surface area contributed by atoms with Gasteiger partial charge in [-0.2, -0.15) is 4.31 Å². The zero-order valence-corrected chi connectivity index (χ0v) is 19.9. The van der Waals surface area contributed by atoms with Crippen molar-refractivity contribution in [1.82, 2.24) is 9.21 Å². The van der Waals surface area contributed by atoms with E-state index in [4.69, 9.17) is 16.3 Å². The van der Waals surface area contributed by atoms with Crippen molar-refractivity contribution in [2.24, 2.45) is 5.92 Å². The van der Waals surface area contributed by atoms with E-state index in [2.05, 4.69) is 0 Å². The molecule has 2 aromatic carbocycles. The van der Waals surface area contributed by atoms with Crippen LogP contribution in [0.4, 0.5) is 4.39 Å². The van der Waals surface area contributed by atoms with E-state index in [1.165, 1.54) is 22.5 Å². The molecule has 0 aromatic heterocycles. The number of halogens is 2. The van der Waals surface area contributed by atoms with Crippen molar-refractivity contribution >= 4 is 27.5 Å². The Morgan fingerprint density at radius 1 is 1.06 bits per heavy atom.